The zero-order chi connectivity index (χ0) is 24.7. The predicted octanol–water partition coefficient (Wildman–Crippen LogP) is 4.72. The molecule has 2 aliphatic heterocycles. The Balaban J connectivity index is 1.36. The summed E-state index contributed by atoms with van der Waals surface area (Å²) in [5, 5.41) is 14.9. The first-order valence-electron chi connectivity index (χ1n) is 12.0. The van der Waals surface area contributed by atoms with Gasteiger partial charge in [0.15, 0.2) is 0 Å². The van der Waals surface area contributed by atoms with E-state index in [1.807, 2.05) is 54.6 Å². The lowest BCUT2D eigenvalue weighted by Crippen LogP contribution is -2.47. The molecule has 2 bridgehead atoms. The van der Waals surface area contributed by atoms with Crippen LogP contribution in [0.2, 0.25) is 0 Å². The summed E-state index contributed by atoms with van der Waals surface area (Å²) < 4.78 is 40.5. The number of hydrogen-bond donors (Lipinski definition) is 2. The number of aliphatic hydroxyl groups excluding tert-OH is 1. The van der Waals surface area contributed by atoms with Crippen LogP contribution in [0.1, 0.15) is 48.5 Å². The molecule has 0 aromatic heterocycles. The molecule has 1 atom stereocenters. The highest BCUT2D eigenvalue weighted by molar-refractivity contribution is 7.92. The smallest absolute Gasteiger partial charge is 0.232 e. The van der Waals surface area contributed by atoms with Gasteiger partial charge >= 0.3 is 0 Å². The molecule has 2 aliphatic rings. The van der Waals surface area contributed by atoms with E-state index < -0.39 is 21.7 Å². The Bertz CT molecular complexity index is 1300. The molecule has 7 heteroatoms. The highest BCUT2D eigenvalue weighted by Gasteiger charge is 2.56. The number of rotatable bonds is 8. The number of anilines is 1. The monoisotopic (exact) mass is 494 g/mol. The van der Waals surface area contributed by atoms with Crippen LogP contribution in [0.25, 0.3) is 0 Å². The Kier molecular flexibility index (Phi) is 6.20. The van der Waals surface area contributed by atoms with Gasteiger partial charge in [-0.05, 0) is 73.1 Å². The number of halogens is 1. The SMILES string of the molecule is CS(=O)(=O)N(Cc1ccccc1)c1cccc(CC23CCC([C@H](O)c4cccc(F)c4)(CC2)N3)c1. The van der Waals surface area contributed by atoms with Gasteiger partial charge in [0.1, 0.15) is 5.82 Å². The maximum Gasteiger partial charge on any atom is 0.232 e. The summed E-state index contributed by atoms with van der Waals surface area (Å²) in [5.41, 5.74) is 2.59. The molecule has 0 spiro atoms. The number of fused-ring (bicyclic) bond motifs is 2. The third-order valence-electron chi connectivity index (χ3n) is 7.61. The van der Waals surface area contributed by atoms with Crippen molar-refractivity contribution in [2.75, 3.05) is 10.6 Å². The second-order valence-electron chi connectivity index (χ2n) is 10.1. The van der Waals surface area contributed by atoms with Crippen molar-refractivity contribution >= 4 is 15.7 Å². The Morgan fingerprint density at radius 3 is 2.31 bits per heavy atom. The minimum Gasteiger partial charge on any atom is -0.386 e. The first-order chi connectivity index (χ1) is 16.7. The predicted molar refractivity (Wildman–Crippen MR) is 136 cm³/mol. The van der Waals surface area contributed by atoms with Crippen LogP contribution < -0.4 is 9.62 Å². The molecule has 0 amide bonds. The third kappa shape index (κ3) is 4.85. The fourth-order valence-electron chi connectivity index (χ4n) is 5.87. The van der Waals surface area contributed by atoms with Crippen LogP contribution in [-0.4, -0.2) is 30.9 Å². The zero-order valence-electron chi connectivity index (χ0n) is 19.8. The molecule has 2 N–H and O–H groups in total. The van der Waals surface area contributed by atoms with Gasteiger partial charge in [0, 0.05) is 11.1 Å². The van der Waals surface area contributed by atoms with Crippen LogP contribution >= 0.6 is 0 Å². The van der Waals surface area contributed by atoms with Crippen molar-refractivity contribution in [1.82, 2.24) is 5.32 Å². The molecule has 5 rings (SSSR count). The van der Waals surface area contributed by atoms with E-state index in [2.05, 4.69) is 5.32 Å². The molecular formula is C28H31FN2O3S. The largest absolute Gasteiger partial charge is 0.386 e. The van der Waals surface area contributed by atoms with Crippen LogP contribution in [0.4, 0.5) is 10.1 Å². The Morgan fingerprint density at radius 2 is 1.63 bits per heavy atom. The molecule has 0 unspecified atom stereocenters. The van der Waals surface area contributed by atoms with Crippen LogP contribution in [0, 0.1) is 5.82 Å². The summed E-state index contributed by atoms with van der Waals surface area (Å²) in [6, 6.07) is 23.5. The summed E-state index contributed by atoms with van der Waals surface area (Å²) in [6.45, 7) is 0.273. The van der Waals surface area contributed by atoms with E-state index in [-0.39, 0.29) is 17.9 Å². The van der Waals surface area contributed by atoms with Gasteiger partial charge in [-0.3, -0.25) is 4.31 Å². The lowest BCUT2D eigenvalue weighted by molar-refractivity contribution is 0.0734. The number of nitrogens with zero attached hydrogens (tertiary/aromatic N) is 1. The van der Waals surface area contributed by atoms with Crippen molar-refractivity contribution < 1.29 is 17.9 Å². The quantitative estimate of drug-likeness (QED) is 0.475. The molecule has 184 valence electrons. The third-order valence-corrected chi connectivity index (χ3v) is 8.75. The maximum atomic E-state index is 13.8. The summed E-state index contributed by atoms with van der Waals surface area (Å²) in [7, 11) is -3.47. The number of aliphatic hydroxyl groups is 1. The summed E-state index contributed by atoms with van der Waals surface area (Å²) >= 11 is 0. The first kappa shape index (κ1) is 24.0. The van der Waals surface area contributed by atoms with Gasteiger partial charge < -0.3 is 10.4 Å². The standard InChI is InChI=1S/C28H31FN2O3S/c1-35(33,34)31(20-21-7-3-2-4-8-21)25-12-5-9-22(17-25)19-27-13-15-28(30-27,16-14-27)26(32)23-10-6-11-24(29)18-23/h2-12,17-18,26,30,32H,13-16,19-20H2,1H3/t26-,27?,28?/m1/s1. The highest BCUT2D eigenvalue weighted by Crippen LogP contribution is 2.51. The molecular weight excluding hydrogens is 463 g/mol. The van der Waals surface area contributed by atoms with Gasteiger partial charge in [-0.25, -0.2) is 12.8 Å². The molecule has 2 heterocycles. The average Bonchev–Trinajstić information content (AvgIpc) is 3.39. The van der Waals surface area contributed by atoms with Gasteiger partial charge in [-0.2, -0.15) is 0 Å². The van der Waals surface area contributed by atoms with Gasteiger partial charge in [0.2, 0.25) is 10.0 Å². The van der Waals surface area contributed by atoms with E-state index >= 15 is 0 Å². The van der Waals surface area contributed by atoms with E-state index in [4.69, 9.17) is 0 Å². The van der Waals surface area contributed by atoms with E-state index in [1.54, 1.807) is 12.1 Å². The molecule has 2 saturated heterocycles. The van der Waals surface area contributed by atoms with Crippen molar-refractivity contribution in [3.63, 3.8) is 0 Å². The topological polar surface area (TPSA) is 69.6 Å². The highest BCUT2D eigenvalue weighted by atomic mass is 32.2. The number of benzene rings is 3. The van der Waals surface area contributed by atoms with Gasteiger partial charge in [-0.15, -0.1) is 0 Å². The molecule has 5 nitrogen and oxygen atoms in total. The van der Waals surface area contributed by atoms with Crippen molar-refractivity contribution in [2.45, 2.75) is 55.8 Å². The van der Waals surface area contributed by atoms with E-state index in [9.17, 15) is 17.9 Å². The van der Waals surface area contributed by atoms with Crippen molar-refractivity contribution in [3.05, 3.63) is 101 Å². The fourth-order valence-corrected chi connectivity index (χ4v) is 6.75. The molecule has 3 aromatic carbocycles. The second-order valence-corrected chi connectivity index (χ2v) is 12.0. The number of sulfonamides is 1. The molecule has 2 fully saturated rings. The van der Waals surface area contributed by atoms with Gasteiger partial charge in [-0.1, -0.05) is 54.6 Å². The van der Waals surface area contributed by atoms with Gasteiger partial charge in [0.25, 0.3) is 0 Å². The lowest BCUT2D eigenvalue weighted by atomic mass is 9.76. The van der Waals surface area contributed by atoms with Crippen LogP contribution in [0.5, 0.6) is 0 Å². The minimum absolute atomic E-state index is 0.164. The summed E-state index contributed by atoms with van der Waals surface area (Å²) in [6.07, 6.45) is 4.63. The zero-order valence-corrected chi connectivity index (χ0v) is 20.6. The van der Waals surface area contributed by atoms with E-state index in [0.29, 0.717) is 11.3 Å². The molecule has 35 heavy (non-hydrogen) atoms. The second kappa shape index (κ2) is 9.04. The molecule has 3 aromatic rings. The van der Waals surface area contributed by atoms with Crippen molar-refractivity contribution in [1.29, 1.82) is 0 Å². The fraction of sp³-hybridized carbons (Fsp3) is 0.357. The maximum absolute atomic E-state index is 13.8. The van der Waals surface area contributed by atoms with Crippen molar-refractivity contribution in [2.24, 2.45) is 0 Å². The minimum atomic E-state index is -3.47. The van der Waals surface area contributed by atoms with Crippen LogP contribution in [-0.2, 0) is 23.0 Å². The Hall–Kier alpha value is -2.74. The Labute approximate surface area is 206 Å². The molecule has 0 saturated carbocycles. The van der Waals surface area contributed by atoms with E-state index in [0.717, 1.165) is 43.2 Å². The van der Waals surface area contributed by atoms with Crippen LogP contribution in [0.15, 0.2) is 78.9 Å². The average molecular weight is 495 g/mol. The van der Waals surface area contributed by atoms with Crippen LogP contribution in [0.3, 0.4) is 0 Å². The normalized spacial score (nSPS) is 24.4. The van der Waals surface area contributed by atoms with Gasteiger partial charge in [0.05, 0.1) is 24.6 Å². The summed E-state index contributed by atoms with van der Waals surface area (Å²) in [5.74, 6) is -0.344. The number of hydrogen-bond acceptors (Lipinski definition) is 4. The number of nitrogens with one attached hydrogen (secondary N) is 1. The van der Waals surface area contributed by atoms with E-state index in [1.165, 1.54) is 22.7 Å². The molecule has 0 radical (unpaired) electrons. The molecule has 0 aliphatic carbocycles. The summed E-state index contributed by atoms with van der Waals surface area (Å²) in [4.78, 5) is 0. The lowest BCUT2D eigenvalue weighted by Gasteiger charge is -2.32. The first-order valence-corrected chi connectivity index (χ1v) is 13.9. The Morgan fingerprint density at radius 1 is 0.943 bits per heavy atom. The van der Waals surface area contributed by atoms with Crippen molar-refractivity contribution in [3.8, 4) is 0 Å².